The van der Waals surface area contributed by atoms with Crippen LogP contribution < -0.4 is 16.6 Å². The summed E-state index contributed by atoms with van der Waals surface area (Å²) in [5.74, 6) is 5.63. The van der Waals surface area contributed by atoms with E-state index in [4.69, 9.17) is 5.84 Å². The lowest BCUT2D eigenvalue weighted by molar-refractivity contribution is -0.384. The molecule has 104 valence electrons. The Kier molecular flexibility index (Phi) is 4.45. The Bertz CT molecular complexity index is 445. The molecule has 1 fully saturated rings. The summed E-state index contributed by atoms with van der Waals surface area (Å²) in [6, 6.07) is 0.224. The van der Waals surface area contributed by atoms with Gasteiger partial charge in [-0.3, -0.25) is 15.5 Å². The number of nitrogens with one attached hydrogen (secondary N) is 2. The molecular weight excluding hydrogens is 248 g/mol. The van der Waals surface area contributed by atoms with Crippen LogP contribution in [0.2, 0.25) is 0 Å². The summed E-state index contributed by atoms with van der Waals surface area (Å²) < 4.78 is 0. The maximum atomic E-state index is 11.0. The first-order valence-corrected chi connectivity index (χ1v) is 6.45. The van der Waals surface area contributed by atoms with E-state index in [1.54, 1.807) is 0 Å². The fourth-order valence-corrected chi connectivity index (χ4v) is 2.30. The minimum Gasteiger partial charge on any atom is -0.361 e. The second kappa shape index (κ2) is 6.28. The number of hydrogen-bond acceptors (Lipinski definition) is 7. The zero-order valence-corrected chi connectivity index (χ0v) is 10.6. The molecule has 8 heteroatoms. The zero-order chi connectivity index (χ0) is 13.7. The minimum absolute atomic E-state index is 0.122. The van der Waals surface area contributed by atoms with Gasteiger partial charge >= 0.3 is 5.69 Å². The van der Waals surface area contributed by atoms with E-state index >= 15 is 0 Å². The van der Waals surface area contributed by atoms with Gasteiger partial charge in [0, 0.05) is 6.04 Å². The quantitative estimate of drug-likeness (QED) is 0.329. The molecule has 1 aromatic heterocycles. The van der Waals surface area contributed by atoms with Crippen molar-refractivity contribution in [1.82, 2.24) is 9.97 Å². The molecule has 1 aliphatic carbocycles. The van der Waals surface area contributed by atoms with E-state index in [0.717, 1.165) is 25.7 Å². The summed E-state index contributed by atoms with van der Waals surface area (Å²) in [6.45, 7) is 0. The highest BCUT2D eigenvalue weighted by molar-refractivity contribution is 5.57. The van der Waals surface area contributed by atoms with Crippen molar-refractivity contribution in [3.05, 3.63) is 16.3 Å². The van der Waals surface area contributed by atoms with Gasteiger partial charge in [-0.2, -0.15) is 4.98 Å². The maximum absolute atomic E-state index is 11.0. The van der Waals surface area contributed by atoms with Crippen molar-refractivity contribution in [1.29, 1.82) is 0 Å². The van der Waals surface area contributed by atoms with Crippen LogP contribution in [0.15, 0.2) is 6.20 Å². The Morgan fingerprint density at radius 3 is 2.58 bits per heavy atom. The lowest BCUT2D eigenvalue weighted by Crippen LogP contribution is -2.21. The second-order valence-corrected chi connectivity index (χ2v) is 4.66. The molecule has 0 aromatic carbocycles. The van der Waals surface area contributed by atoms with E-state index in [0.29, 0.717) is 0 Å². The van der Waals surface area contributed by atoms with Gasteiger partial charge in [-0.05, 0) is 12.8 Å². The molecule has 1 heterocycles. The van der Waals surface area contributed by atoms with Gasteiger partial charge in [0.15, 0.2) is 0 Å². The Morgan fingerprint density at radius 1 is 1.32 bits per heavy atom. The highest BCUT2D eigenvalue weighted by atomic mass is 16.6. The molecule has 0 atom stereocenters. The maximum Gasteiger partial charge on any atom is 0.329 e. The average Bonchev–Trinajstić information content (AvgIpc) is 2.67. The highest BCUT2D eigenvalue weighted by Crippen LogP contribution is 2.26. The number of hydrazine groups is 1. The molecule has 1 aromatic rings. The number of anilines is 2. The predicted octanol–water partition coefficient (Wildman–Crippen LogP) is 1.81. The van der Waals surface area contributed by atoms with Crippen LogP contribution in [-0.4, -0.2) is 20.9 Å². The van der Waals surface area contributed by atoms with Crippen molar-refractivity contribution in [2.24, 2.45) is 5.84 Å². The summed E-state index contributed by atoms with van der Waals surface area (Å²) >= 11 is 0. The van der Waals surface area contributed by atoms with Gasteiger partial charge in [-0.1, -0.05) is 25.7 Å². The summed E-state index contributed by atoms with van der Waals surface area (Å²) in [5.41, 5.74) is 2.18. The third kappa shape index (κ3) is 3.50. The van der Waals surface area contributed by atoms with E-state index in [2.05, 4.69) is 20.7 Å². The molecule has 8 nitrogen and oxygen atoms in total. The average molecular weight is 266 g/mol. The zero-order valence-electron chi connectivity index (χ0n) is 10.6. The van der Waals surface area contributed by atoms with Gasteiger partial charge in [-0.15, -0.1) is 0 Å². The first kappa shape index (κ1) is 13.5. The van der Waals surface area contributed by atoms with Crippen molar-refractivity contribution in [2.45, 2.75) is 44.6 Å². The molecule has 0 bridgehead atoms. The van der Waals surface area contributed by atoms with E-state index in [-0.39, 0.29) is 23.5 Å². The number of nitrogens with zero attached hydrogens (tertiary/aromatic N) is 3. The van der Waals surface area contributed by atoms with Crippen molar-refractivity contribution in [3.8, 4) is 0 Å². The molecule has 0 amide bonds. The van der Waals surface area contributed by atoms with Crippen LogP contribution in [0, 0.1) is 10.1 Å². The predicted molar refractivity (Wildman–Crippen MR) is 71.6 cm³/mol. The third-order valence-electron chi connectivity index (χ3n) is 3.29. The van der Waals surface area contributed by atoms with Gasteiger partial charge in [0.25, 0.3) is 0 Å². The molecule has 0 unspecified atom stereocenters. The SMILES string of the molecule is NNc1ncc([N+](=O)[O-])c(NC2CCCCCC2)n1. The Morgan fingerprint density at radius 2 is 2.00 bits per heavy atom. The summed E-state index contributed by atoms with van der Waals surface area (Å²) in [6.07, 6.45) is 7.90. The topological polar surface area (TPSA) is 119 Å². The molecular formula is C11H18N6O2. The standard InChI is InChI=1S/C11H18N6O2/c12-16-11-13-7-9(17(18)19)10(15-11)14-8-5-3-1-2-4-6-8/h7-8H,1-6,12H2,(H2,13,14,15,16). The van der Waals surface area contributed by atoms with Crippen LogP contribution in [0.1, 0.15) is 38.5 Å². The number of nitrogens with two attached hydrogens (primary N) is 1. The Labute approximate surface area is 110 Å². The van der Waals surface area contributed by atoms with Crippen LogP contribution in [-0.2, 0) is 0 Å². The smallest absolute Gasteiger partial charge is 0.329 e. The van der Waals surface area contributed by atoms with Crippen LogP contribution in [0.25, 0.3) is 0 Å². The highest BCUT2D eigenvalue weighted by Gasteiger charge is 2.21. The third-order valence-corrected chi connectivity index (χ3v) is 3.29. The van der Waals surface area contributed by atoms with Crippen molar-refractivity contribution >= 4 is 17.5 Å². The normalized spacial score (nSPS) is 16.7. The largest absolute Gasteiger partial charge is 0.361 e. The molecule has 19 heavy (non-hydrogen) atoms. The first-order valence-electron chi connectivity index (χ1n) is 6.45. The monoisotopic (exact) mass is 266 g/mol. The van der Waals surface area contributed by atoms with E-state index in [1.165, 1.54) is 19.0 Å². The summed E-state index contributed by atoms with van der Waals surface area (Å²) in [5, 5.41) is 14.1. The van der Waals surface area contributed by atoms with Gasteiger partial charge in [-0.25, -0.2) is 10.8 Å². The first-order chi connectivity index (χ1) is 9.20. The summed E-state index contributed by atoms with van der Waals surface area (Å²) in [7, 11) is 0. The summed E-state index contributed by atoms with van der Waals surface area (Å²) in [4.78, 5) is 18.3. The number of rotatable bonds is 4. The van der Waals surface area contributed by atoms with Gasteiger partial charge in [0.2, 0.25) is 11.8 Å². The van der Waals surface area contributed by atoms with Crippen LogP contribution >= 0.6 is 0 Å². The van der Waals surface area contributed by atoms with E-state index < -0.39 is 4.92 Å². The van der Waals surface area contributed by atoms with Crippen LogP contribution in [0.3, 0.4) is 0 Å². The Balaban J connectivity index is 2.18. The number of nitro groups is 1. The Hall–Kier alpha value is -1.96. The lowest BCUT2D eigenvalue weighted by Gasteiger charge is -2.16. The van der Waals surface area contributed by atoms with Crippen molar-refractivity contribution in [2.75, 3.05) is 10.7 Å². The number of aromatic nitrogens is 2. The molecule has 0 radical (unpaired) electrons. The van der Waals surface area contributed by atoms with E-state index in [9.17, 15) is 10.1 Å². The number of hydrogen-bond donors (Lipinski definition) is 3. The number of nitrogen functional groups attached to an aromatic ring is 1. The van der Waals surface area contributed by atoms with E-state index in [1.807, 2.05) is 0 Å². The molecule has 0 aliphatic heterocycles. The van der Waals surface area contributed by atoms with Gasteiger partial charge < -0.3 is 5.32 Å². The molecule has 2 rings (SSSR count). The van der Waals surface area contributed by atoms with Gasteiger partial charge in [0.05, 0.1) is 4.92 Å². The molecule has 0 saturated heterocycles. The van der Waals surface area contributed by atoms with Crippen molar-refractivity contribution < 1.29 is 4.92 Å². The lowest BCUT2D eigenvalue weighted by atomic mass is 10.1. The van der Waals surface area contributed by atoms with Crippen LogP contribution in [0.5, 0.6) is 0 Å². The fourth-order valence-electron chi connectivity index (χ4n) is 2.30. The second-order valence-electron chi connectivity index (χ2n) is 4.66. The van der Waals surface area contributed by atoms with Gasteiger partial charge in [0.1, 0.15) is 6.20 Å². The van der Waals surface area contributed by atoms with Crippen molar-refractivity contribution in [3.63, 3.8) is 0 Å². The molecule has 4 N–H and O–H groups in total. The minimum atomic E-state index is -0.487. The molecule has 0 spiro atoms. The fraction of sp³-hybridized carbons (Fsp3) is 0.636. The molecule has 1 aliphatic rings. The van der Waals surface area contributed by atoms with Crippen LogP contribution in [0.4, 0.5) is 17.5 Å². The molecule has 1 saturated carbocycles.